The molecule has 0 aliphatic rings. The number of rotatable bonds is 4. The Morgan fingerprint density at radius 1 is 1.13 bits per heavy atom. The third kappa shape index (κ3) is 3.55. The van der Waals surface area contributed by atoms with Crippen molar-refractivity contribution in [3.63, 3.8) is 0 Å². The first kappa shape index (κ1) is 14.8. The van der Waals surface area contributed by atoms with Crippen molar-refractivity contribution in [2.45, 2.75) is 13.5 Å². The Morgan fingerprint density at radius 2 is 1.83 bits per heavy atom. The van der Waals surface area contributed by atoms with E-state index in [9.17, 15) is 4.79 Å². The largest absolute Gasteiger partial charge is 0.399 e. The number of carbonyl (C=O) groups is 1. The molecule has 0 spiro atoms. The van der Waals surface area contributed by atoms with Crippen LogP contribution in [0.25, 0.3) is 11.4 Å². The van der Waals surface area contributed by atoms with E-state index in [-0.39, 0.29) is 12.5 Å². The van der Waals surface area contributed by atoms with Gasteiger partial charge >= 0.3 is 0 Å². The van der Waals surface area contributed by atoms with E-state index in [1.54, 1.807) is 24.3 Å². The van der Waals surface area contributed by atoms with Gasteiger partial charge in [-0.2, -0.15) is 5.10 Å². The lowest BCUT2D eigenvalue weighted by atomic mass is 10.1. The molecule has 0 saturated carbocycles. The Labute approximate surface area is 133 Å². The number of amides is 1. The molecule has 2 aromatic carbocycles. The van der Waals surface area contributed by atoms with Gasteiger partial charge in [-0.3, -0.25) is 9.89 Å². The summed E-state index contributed by atoms with van der Waals surface area (Å²) < 4.78 is 0. The van der Waals surface area contributed by atoms with Crippen LogP contribution in [0.4, 0.5) is 5.69 Å². The summed E-state index contributed by atoms with van der Waals surface area (Å²) in [5.74, 6) is 1.03. The number of aromatic amines is 1. The Balaban J connectivity index is 1.64. The van der Waals surface area contributed by atoms with Crippen LogP contribution in [0.2, 0.25) is 0 Å². The standard InChI is InChI=1S/C17H17N5O/c1-11-2-4-12(5-3-11)16-20-15(21-22-16)10-19-17(23)13-6-8-14(18)9-7-13/h2-9H,10,18H2,1H3,(H,19,23)(H,20,21,22). The molecule has 3 rings (SSSR count). The Bertz CT molecular complexity index is 806. The van der Waals surface area contributed by atoms with Gasteiger partial charge in [0.15, 0.2) is 5.82 Å². The van der Waals surface area contributed by atoms with Crippen LogP contribution in [-0.4, -0.2) is 21.1 Å². The summed E-state index contributed by atoms with van der Waals surface area (Å²) >= 11 is 0. The smallest absolute Gasteiger partial charge is 0.251 e. The van der Waals surface area contributed by atoms with Crippen molar-refractivity contribution in [1.29, 1.82) is 0 Å². The lowest BCUT2D eigenvalue weighted by molar-refractivity contribution is 0.0950. The van der Waals surface area contributed by atoms with Crippen LogP contribution in [0, 0.1) is 6.92 Å². The van der Waals surface area contributed by atoms with E-state index < -0.39 is 0 Å². The molecule has 1 amide bonds. The van der Waals surface area contributed by atoms with Crippen molar-refractivity contribution in [3.8, 4) is 11.4 Å². The minimum absolute atomic E-state index is 0.182. The summed E-state index contributed by atoms with van der Waals surface area (Å²) in [5.41, 5.74) is 8.90. The molecule has 0 saturated heterocycles. The van der Waals surface area contributed by atoms with Gasteiger partial charge in [0.2, 0.25) is 0 Å². The molecular formula is C17H17N5O. The molecule has 6 nitrogen and oxygen atoms in total. The van der Waals surface area contributed by atoms with E-state index in [0.29, 0.717) is 22.9 Å². The van der Waals surface area contributed by atoms with Crippen LogP contribution in [0.15, 0.2) is 48.5 Å². The molecule has 0 unspecified atom stereocenters. The molecule has 0 bridgehead atoms. The molecule has 3 aromatic rings. The molecule has 6 heteroatoms. The zero-order valence-corrected chi connectivity index (χ0v) is 12.7. The fourth-order valence-electron chi connectivity index (χ4n) is 2.11. The molecule has 0 atom stereocenters. The second-order valence-corrected chi connectivity index (χ2v) is 5.28. The van der Waals surface area contributed by atoms with Gasteiger partial charge < -0.3 is 11.1 Å². The Morgan fingerprint density at radius 3 is 2.52 bits per heavy atom. The molecule has 23 heavy (non-hydrogen) atoms. The second-order valence-electron chi connectivity index (χ2n) is 5.28. The fraction of sp³-hybridized carbons (Fsp3) is 0.118. The molecule has 4 N–H and O–H groups in total. The maximum absolute atomic E-state index is 12.0. The van der Waals surface area contributed by atoms with Crippen molar-refractivity contribution in [2.75, 3.05) is 5.73 Å². The minimum Gasteiger partial charge on any atom is -0.399 e. The third-order valence-electron chi connectivity index (χ3n) is 3.43. The Hall–Kier alpha value is -3.15. The number of carbonyl (C=O) groups excluding carboxylic acids is 1. The number of benzene rings is 2. The number of anilines is 1. The number of aromatic nitrogens is 3. The van der Waals surface area contributed by atoms with Crippen LogP contribution in [0.5, 0.6) is 0 Å². The number of nitrogens with zero attached hydrogens (tertiary/aromatic N) is 2. The van der Waals surface area contributed by atoms with Crippen LogP contribution in [-0.2, 0) is 6.54 Å². The van der Waals surface area contributed by atoms with Crippen molar-refractivity contribution < 1.29 is 4.79 Å². The van der Waals surface area contributed by atoms with Gasteiger partial charge in [-0.15, -0.1) is 0 Å². The number of nitrogen functional groups attached to an aromatic ring is 1. The highest BCUT2D eigenvalue weighted by Gasteiger charge is 2.08. The van der Waals surface area contributed by atoms with Crippen molar-refractivity contribution >= 4 is 11.6 Å². The minimum atomic E-state index is -0.182. The number of nitrogens with two attached hydrogens (primary N) is 1. The molecular weight excluding hydrogens is 290 g/mol. The van der Waals surface area contributed by atoms with E-state index in [1.807, 2.05) is 31.2 Å². The maximum atomic E-state index is 12.0. The molecule has 0 aliphatic heterocycles. The zero-order valence-electron chi connectivity index (χ0n) is 12.7. The number of hydrogen-bond donors (Lipinski definition) is 3. The molecule has 0 radical (unpaired) electrons. The molecule has 0 fully saturated rings. The topological polar surface area (TPSA) is 96.7 Å². The van der Waals surface area contributed by atoms with Gasteiger partial charge in [0, 0.05) is 16.8 Å². The first-order valence-corrected chi connectivity index (χ1v) is 7.24. The predicted molar refractivity (Wildman–Crippen MR) is 88.6 cm³/mol. The van der Waals surface area contributed by atoms with Gasteiger partial charge in [-0.05, 0) is 31.2 Å². The number of aryl methyl sites for hydroxylation is 1. The van der Waals surface area contributed by atoms with Crippen LogP contribution in [0.1, 0.15) is 21.7 Å². The van der Waals surface area contributed by atoms with Crippen molar-refractivity contribution in [1.82, 2.24) is 20.5 Å². The summed E-state index contributed by atoms with van der Waals surface area (Å²) in [6.45, 7) is 2.31. The van der Waals surface area contributed by atoms with Crippen LogP contribution < -0.4 is 11.1 Å². The van der Waals surface area contributed by atoms with Crippen LogP contribution >= 0.6 is 0 Å². The number of H-pyrrole nitrogens is 1. The van der Waals surface area contributed by atoms with Crippen molar-refractivity contribution in [3.05, 3.63) is 65.5 Å². The quantitative estimate of drug-likeness (QED) is 0.644. The number of nitrogens with one attached hydrogen (secondary N) is 2. The summed E-state index contributed by atoms with van der Waals surface area (Å²) in [5, 5.41) is 9.81. The monoisotopic (exact) mass is 307 g/mol. The van der Waals surface area contributed by atoms with E-state index in [1.165, 1.54) is 5.56 Å². The van der Waals surface area contributed by atoms with Gasteiger partial charge in [0.1, 0.15) is 5.82 Å². The third-order valence-corrected chi connectivity index (χ3v) is 3.43. The first-order chi connectivity index (χ1) is 11.1. The van der Waals surface area contributed by atoms with E-state index in [4.69, 9.17) is 5.73 Å². The zero-order chi connectivity index (χ0) is 16.2. The Kier molecular flexibility index (Phi) is 4.05. The van der Waals surface area contributed by atoms with Gasteiger partial charge in [-0.1, -0.05) is 29.8 Å². The average molecular weight is 307 g/mol. The molecule has 0 aliphatic carbocycles. The molecule has 1 heterocycles. The average Bonchev–Trinajstić information content (AvgIpc) is 3.03. The van der Waals surface area contributed by atoms with Crippen molar-refractivity contribution in [2.24, 2.45) is 0 Å². The highest BCUT2D eigenvalue weighted by atomic mass is 16.1. The lowest BCUT2D eigenvalue weighted by Crippen LogP contribution is -2.23. The summed E-state index contributed by atoms with van der Waals surface area (Å²) in [4.78, 5) is 16.4. The lowest BCUT2D eigenvalue weighted by Gasteiger charge is -2.03. The predicted octanol–water partition coefficient (Wildman–Crippen LogP) is 2.29. The van der Waals surface area contributed by atoms with Crippen LogP contribution in [0.3, 0.4) is 0 Å². The van der Waals surface area contributed by atoms with Gasteiger partial charge in [0.25, 0.3) is 5.91 Å². The summed E-state index contributed by atoms with van der Waals surface area (Å²) in [7, 11) is 0. The highest BCUT2D eigenvalue weighted by Crippen LogP contribution is 2.15. The van der Waals surface area contributed by atoms with E-state index in [2.05, 4.69) is 20.5 Å². The van der Waals surface area contributed by atoms with Gasteiger partial charge in [0.05, 0.1) is 6.54 Å². The maximum Gasteiger partial charge on any atom is 0.251 e. The summed E-state index contributed by atoms with van der Waals surface area (Å²) in [6.07, 6.45) is 0. The first-order valence-electron chi connectivity index (χ1n) is 7.24. The second kappa shape index (κ2) is 6.31. The number of hydrogen-bond acceptors (Lipinski definition) is 4. The fourth-order valence-corrected chi connectivity index (χ4v) is 2.11. The summed E-state index contributed by atoms with van der Waals surface area (Å²) in [6, 6.07) is 14.7. The highest BCUT2D eigenvalue weighted by molar-refractivity contribution is 5.94. The van der Waals surface area contributed by atoms with E-state index >= 15 is 0 Å². The van der Waals surface area contributed by atoms with Gasteiger partial charge in [-0.25, -0.2) is 4.98 Å². The van der Waals surface area contributed by atoms with E-state index in [0.717, 1.165) is 5.56 Å². The molecule has 1 aromatic heterocycles. The SMILES string of the molecule is Cc1ccc(-c2n[nH]c(CNC(=O)c3ccc(N)cc3)n2)cc1. The normalized spacial score (nSPS) is 10.5. The molecule has 116 valence electrons.